The maximum absolute atomic E-state index is 5.93. The molecule has 0 aliphatic rings. The van der Waals surface area contributed by atoms with Crippen LogP contribution in [0.2, 0.25) is 0 Å². The quantitative estimate of drug-likeness (QED) is 0.871. The largest absolute Gasteiger partial charge is 0.494 e. The first kappa shape index (κ1) is 13.5. The second-order valence-corrected chi connectivity index (χ2v) is 5.03. The minimum absolute atomic E-state index is 0.172. The first-order chi connectivity index (χ1) is 7.58. The zero-order valence-electron chi connectivity index (χ0n) is 9.82. The Bertz CT molecular complexity index is 300. The van der Waals surface area contributed by atoms with Crippen LogP contribution in [0, 0.1) is 0 Å². The Hall–Kier alpha value is -0.580. The Balaban J connectivity index is 2.22. The van der Waals surface area contributed by atoms with Gasteiger partial charge in [-0.05, 0) is 44.8 Å². The van der Waals surface area contributed by atoms with Crippen molar-refractivity contribution < 1.29 is 4.74 Å². The van der Waals surface area contributed by atoms with E-state index >= 15 is 0 Å². The summed E-state index contributed by atoms with van der Waals surface area (Å²) < 4.78 is 6.65. The average molecular weight is 287 g/mol. The Labute approximate surface area is 106 Å². The molecular formula is C12H19BrN2O. The van der Waals surface area contributed by atoms with Crippen LogP contribution in [-0.2, 0) is 0 Å². The van der Waals surface area contributed by atoms with Gasteiger partial charge in [0.25, 0.3) is 0 Å². The fourth-order valence-corrected chi connectivity index (χ4v) is 1.68. The number of benzene rings is 1. The van der Waals surface area contributed by atoms with E-state index in [1.807, 2.05) is 38.4 Å². The van der Waals surface area contributed by atoms with Crippen LogP contribution >= 0.6 is 15.9 Å². The van der Waals surface area contributed by atoms with Crippen molar-refractivity contribution in [3.05, 3.63) is 28.7 Å². The molecule has 0 aromatic heterocycles. The standard InChI is InChI=1S/C12H19BrN2O/c1-15(2)9-11(14)7-8-16-12-5-3-10(13)4-6-12/h3-6,11H,7-9,14H2,1-2H3. The van der Waals surface area contributed by atoms with E-state index in [2.05, 4.69) is 20.8 Å². The van der Waals surface area contributed by atoms with E-state index in [1.54, 1.807) is 0 Å². The number of nitrogens with zero attached hydrogens (tertiary/aromatic N) is 1. The molecule has 1 rings (SSSR count). The van der Waals surface area contributed by atoms with Crippen LogP contribution in [0.1, 0.15) is 6.42 Å². The highest BCUT2D eigenvalue weighted by Gasteiger charge is 2.04. The van der Waals surface area contributed by atoms with Crippen LogP contribution < -0.4 is 10.5 Å². The predicted molar refractivity (Wildman–Crippen MR) is 70.8 cm³/mol. The summed E-state index contributed by atoms with van der Waals surface area (Å²) in [6.07, 6.45) is 0.869. The minimum atomic E-state index is 0.172. The fraction of sp³-hybridized carbons (Fsp3) is 0.500. The molecule has 1 unspecified atom stereocenters. The van der Waals surface area contributed by atoms with Crippen LogP contribution in [0.4, 0.5) is 0 Å². The molecule has 4 heteroatoms. The summed E-state index contributed by atoms with van der Waals surface area (Å²) in [5.41, 5.74) is 5.93. The lowest BCUT2D eigenvalue weighted by Gasteiger charge is -2.16. The van der Waals surface area contributed by atoms with E-state index in [4.69, 9.17) is 10.5 Å². The van der Waals surface area contributed by atoms with Crippen molar-refractivity contribution in [2.75, 3.05) is 27.2 Å². The molecule has 0 saturated heterocycles. The smallest absolute Gasteiger partial charge is 0.119 e. The predicted octanol–water partition coefficient (Wildman–Crippen LogP) is 2.11. The van der Waals surface area contributed by atoms with E-state index in [1.165, 1.54) is 0 Å². The third-order valence-electron chi connectivity index (χ3n) is 2.17. The molecule has 90 valence electrons. The van der Waals surface area contributed by atoms with Crippen LogP contribution in [0.25, 0.3) is 0 Å². The Morgan fingerprint density at radius 3 is 2.50 bits per heavy atom. The number of halogens is 1. The van der Waals surface area contributed by atoms with Gasteiger partial charge in [0.2, 0.25) is 0 Å². The molecular weight excluding hydrogens is 268 g/mol. The monoisotopic (exact) mass is 286 g/mol. The molecule has 0 aliphatic heterocycles. The van der Waals surface area contributed by atoms with Crippen molar-refractivity contribution in [2.24, 2.45) is 5.73 Å². The zero-order chi connectivity index (χ0) is 12.0. The van der Waals surface area contributed by atoms with Crippen LogP contribution in [0.3, 0.4) is 0 Å². The highest BCUT2D eigenvalue weighted by Crippen LogP contribution is 2.16. The minimum Gasteiger partial charge on any atom is -0.494 e. The van der Waals surface area contributed by atoms with Crippen LogP contribution in [-0.4, -0.2) is 38.2 Å². The molecule has 1 atom stereocenters. The average Bonchev–Trinajstić information content (AvgIpc) is 2.20. The molecule has 0 heterocycles. The van der Waals surface area contributed by atoms with Crippen molar-refractivity contribution in [1.82, 2.24) is 4.90 Å². The molecule has 0 amide bonds. The van der Waals surface area contributed by atoms with Gasteiger partial charge in [0.05, 0.1) is 6.61 Å². The molecule has 0 spiro atoms. The third kappa shape index (κ3) is 5.49. The van der Waals surface area contributed by atoms with Gasteiger partial charge < -0.3 is 15.4 Å². The third-order valence-corrected chi connectivity index (χ3v) is 2.70. The number of hydrogen-bond acceptors (Lipinski definition) is 3. The Kier molecular flexibility index (Phi) is 5.80. The summed E-state index contributed by atoms with van der Waals surface area (Å²) in [5, 5.41) is 0. The van der Waals surface area contributed by atoms with Gasteiger partial charge in [0.15, 0.2) is 0 Å². The lowest BCUT2D eigenvalue weighted by atomic mass is 10.2. The molecule has 0 fully saturated rings. The first-order valence-corrected chi connectivity index (χ1v) is 6.16. The summed E-state index contributed by atoms with van der Waals surface area (Å²) in [6.45, 7) is 1.56. The number of hydrogen-bond donors (Lipinski definition) is 1. The lowest BCUT2D eigenvalue weighted by Crippen LogP contribution is -2.34. The van der Waals surface area contributed by atoms with Crippen molar-refractivity contribution in [1.29, 1.82) is 0 Å². The highest BCUT2D eigenvalue weighted by molar-refractivity contribution is 9.10. The highest BCUT2D eigenvalue weighted by atomic mass is 79.9. The summed E-state index contributed by atoms with van der Waals surface area (Å²) in [4.78, 5) is 2.09. The van der Waals surface area contributed by atoms with Crippen molar-refractivity contribution in [3.63, 3.8) is 0 Å². The van der Waals surface area contributed by atoms with Gasteiger partial charge in [-0.1, -0.05) is 15.9 Å². The van der Waals surface area contributed by atoms with Crippen molar-refractivity contribution in [3.8, 4) is 5.75 Å². The molecule has 0 bridgehead atoms. The molecule has 0 saturated carbocycles. The van der Waals surface area contributed by atoms with Crippen molar-refractivity contribution >= 4 is 15.9 Å². The normalized spacial score (nSPS) is 12.8. The lowest BCUT2D eigenvalue weighted by molar-refractivity contribution is 0.277. The van der Waals surface area contributed by atoms with Gasteiger partial charge in [-0.2, -0.15) is 0 Å². The van der Waals surface area contributed by atoms with Gasteiger partial charge in [-0.3, -0.25) is 0 Å². The second kappa shape index (κ2) is 6.89. The van der Waals surface area contributed by atoms with Gasteiger partial charge in [-0.15, -0.1) is 0 Å². The van der Waals surface area contributed by atoms with Gasteiger partial charge in [0.1, 0.15) is 5.75 Å². The molecule has 1 aromatic rings. The van der Waals surface area contributed by atoms with Gasteiger partial charge in [-0.25, -0.2) is 0 Å². The SMILES string of the molecule is CN(C)CC(N)CCOc1ccc(Br)cc1. The summed E-state index contributed by atoms with van der Waals surface area (Å²) in [6, 6.07) is 8.00. The zero-order valence-corrected chi connectivity index (χ0v) is 11.4. The molecule has 1 aromatic carbocycles. The second-order valence-electron chi connectivity index (χ2n) is 4.11. The Morgan fingerprint density at radius 2 is 1.94 bits per heavy atom. The van der Waals surface area contributed by atoms with Crippen LogP contribution in [0.5, 0.6) is 5.75 Å². The number of rotatable bonds is 6. The molecule has 16 heavy (non-hydrogen) atoms. The topological polar surface area (TPSA) is 38.5 Å². The van der Waals surface area contributed by atoms with E-state index in [0.29, 0.717) is 6.61 Å². The van der Waals surface area contributed by atoms with E-state index in [9.17, 15) is 0 Å². The van der Waals surface area contributed by atoms with Gasteiger partial charge >= 0.3 is 0 Å². The molecule has 0 radical (unpaired) electrons. The van der Waals surface area contributed by atoms with Gasteiger partial charge in [0, 0.05) is 17.1 Å². The van der Waals surface area contributed by atoms with Crippen LogP contribution in [0.15, 0.2) is 28.7 Å². The number of likely N-dealkylation sites (N-methyl/N-ethyl adjacent to an activating group) is 1. The fourth-order valence-electron chi connectivity index (χ4n) is 1.42. The van der Waals surface area contributed by atoms with E-state index < -0.39 is 0 Å². The van der Waals surface area contributed by atoms with E-state index in [0.717, 1.165) is 23.2 Å². The number of ether oxygens (including phenoxy) is 1. The summed E-state index contributed by atoms with van der Waals surface area (Å²) in [7, 11) is 4.05. The first-order valence-electron chi connectivity index (χ1n) is 5.36. The molecule has 0 aliphatic carbocycles. The summed E-state index contributed by atoms with van der Waals surface area (Å²) >= 11 is 3.38. The Morgan fingerprint density at radius 1 is 1.31 bits per heavy atom. The maximum atomic E-state index is 5.93. The molecule has 2 N–H and O–H groups in total. The summed E-state index contributed by atoms with van der Waals surface area (Å²) in [5.74, 6) is 0.889. The maximum Gasteiger partial charge on any atom is 0.119 e. The molecule has 3 nitrogen and oxygen atoms in total. The van der Waals surface area contributed by atoms with E-state index in [-0.39, 0.29) is 6.04 Å². The number of nitrogens with two attached hydrogens (primary N) is 1. The van der Waals surface area contributed by atoms with Crippen molar-refractivity contribution in [2.45, 2.75) is 12.5 Å².